The molecule has 1 saturated heterocycles. The minimum Gasteiger partial charge on any atom is -0.367 e. The zero-order valence-electron chi connectivity index (χ0n) is 11.0. The van der Waals surface area contributed by atoms with Crippen LogP contribution in [0.5, 0.6) is 0 Å². The second kappa shape index (κ2) is 6.27. The summed E-state index contributed by atoms with van der Waals surface area (Å²) in [5, 5.41) is 1.67. The summed E-state index contributed by atoms with van der Waals surface area (Å²) in [5.74, 6) is 0. The molecule has 1 unspecified atom stereocenters. The molecular weight excluding hydrogens is 312 g/mol. The molecule has 2 nitrogen and oxygen atoms in total. The van der Waals surface area contributed by atoms with Gasteiger partial charge in [0.25, 0.3) is 0 Å². The van der Waals surface area contributed by atoms with Crippen LogP contribution in [0.3, 0.4) is 0 Å². The first kappa shape index (κ1) is 14.2. The van der Waals surface area contributed by atoms with Crippen molar-refractivity contribution >= 4 is 33.2 Å². The Morgan fingerprint density at radius 3 is 2.83 bits per heavy atom. The fourth-order valence-corrected chi connectivity index (χ4v) is 3.50. The number of halogens is 2. The van der Waals surface area contributed by atoms with Crippen LogP contribution >= 0.6 is 27.5 Å². The van der Waals surface area contributed by atoms with Crippen molar-refractivity contribution in [3.63, 3.8) is 0 Å². The van der Waals surface area contributed by atoms with E-state index in [-0.39, 0.29) is 0 Å². The van der Waals surface area contributed by atoms with Crippen LogP contribution in [0.25, 0.3) is 0 Å². The number of alkyl halides is 1. The molecule has 0 spiro atoms. The Kier molecular flexibility index (Phi) is 4.93. The van der Waals surface area contributed by atoms with Crippen molar-refractivity contribution in [1.82, 2.24) is 4.90 Å². The van der Waals surface area contributed by atoms with Crippen LogP contribution < -0.4 is 4.90 Å². The normalized spacial score (nSPS) is 19.8. The second-order valence-corrected chi connectivity index (χ2v) is 6.13. The Bertz CT molecular complexity index is 409. The van der Waals surface area contributed by atoms with E-state index in [0.29, 0.717) is 6.04 Å². The largest absolute Gasteiger partial charge is 0.367 e. The number of benzene rings is 1. The molecule has 4 heteroatoms. The lowest BCUT2D eigenvalue weighted by atomic mass is 10.1. The quantitative estimate of drug-likeness (QED) is 0.775. The highest BCUT2D eigenvalue weighted by atomic mass is 79.9. The van der Waals surface area contributed by atoms with E-state index in [0.717, 1.165) is 29.0 Å². The maximum atomic E-state index is 6.29. The lowest BCUT2D eigenvalue weighted by molar-refractivity contribution is 0.372. The van der Waals surface area contributed by atoms with Crippen LogP contribution in [0.2, 0.25) is 5.02 Å². The van der Waals surface area contributed by atoms with E-state index in [9.17, 15) is 0 Å². The van der Waals surface area contributed by atoms with E-state index < -0.39 is 0 Å². The van der Waals surface area contributed by atoms with Crippen LogP contribution in [0.4, 0.5) is 5.69 Å². The summed E-state index contributed by atoms with van der Waals surface area (Å²) in [6.07, 6.45) is 2.55. The van der Waals surface area contributed by atoms with Gasteiger partial charge in [0.2, 0.25) is 0 Å². The maximum absolute atomic E-state index is 6.29. The molecule has 0 N–H and O–H groups in total. The van der Waals surface area contributed by atoms with E-state index in [4.69, 9.17) is 11.6 Å². The van der Waals surface area contributed by atoms with Gasteiger partial charge >= 0.3 is 0 Å². The molecule has 1 aliphatic heterocycles. The number of likely N-dealkylation sites (N-methyl/N-ethyl adjacent to an activating group) is 1. The van der Waals surface area contributed by atoms with E-state index in [2.05, 4.69) is 58.0 Å². The minimum atomic E-state index is 0.617. The zero-order chi connectivity index (χ0) is 13.1. The van der Waals surface area contributed by atoms with Gasteiger partial charge in [-0.3, -0.25) is 0 Å². The third-order valence-electron chi connectivity index (χ3n) is 3.47. The molecule has 100 valence electrons. The Morgan fingerprint density at radius 1 is 1.44 bits per heavy atom. The summed E-state index contributed by atoms with van der Waals surface area (Å²) < 4.78 is 0. The molecule has 1 fully saturated rings. The Hall–Kier alpha value is -0.250. The van der Waals surface area contributed by atoms with Crippen molar-refractivity contribution < 1.29 is 0 Å². The van der Waals surface area contributed by atoms with Gasteiger partial charge in [0, 0.05) is 35.2 Å². The van der Waals surface area contributed by atoms with Gasteiger partial charge in [-0.2, -0.15) is 0 Å². The highest BCUT2D eigenvalue weighted by Gasteiger charge is 2.25. The number of hydrogen-bond acceptors (Lipinski definition) is 2. The molecule has 1 atom stereocenters. The summed E-state index contributed by atoms with van der Waals surface area (Å²) in [7, 11) is 4.27. The van der Waals surface area contributed by atoms with Crippen LogP contribution in [0.1, 0.15) is 18.4 Å². The lowest BCUT2D eigenvalue weighted by Gasteiger charge is -2.29. The van der Waals surface area contributed by atoms with Crippen molar-refractivity contribution in [2.24, 2.45) is 0 Å². The molecular formula is C14H20BrClN2. The third kappa shape index (κ3) is 3.19. The number of hydrogen-bond donors (Lipinski definition) is 0. The number of rotatable bonds is 4. The Morgan fingerprint density at radius 2 is 2.22 bits per heavy atom. The molecule has 0 aromatic heterocycles. The van der Waals surface area contributed by atoms with E-state index in [1.807, 2.05) is 0 Å². The number of nitrogens with zero attached hydrogens (tertiary/aromatic N) is 2. The van der Waals surface area contributed by atoms with Crippen LogP contribution in [0, 0.1) is 0 Å². The molecule has 1 aromatic rings. The highest BCUT2D eigenvalue weighted by molar-refractivity contribution is 9.08. The number of anilines is 1. The predicted octanol–water partition coefficient (Wildman–Crippen LogP) is 3.77. The fraction of sp³-hybridized carbons (Fsp3) is 0.571. The molecule has 18 heavy (non-hydrogen) atoms. The van der Waals surface area contributed by atoms with Crippen LogP contribution in [-0.2, 0) is 5.33 Å². The van der Waals surface area contributed by atoms with Gasteiger partial charge in [-0.25, -0.2) is 0 Å². The molecule has 0 radical (unpaired) electrons. The molecule has 1 heterocycles. The van der Waals surface area contributed by atoms with Crippen molar-refractivity contribution in [2.45, 2.75) is 24.2 Å². The smallest absolute Gasteiger partial charge is 0.0467 e. The standard InChI is InChI=1S/C14H20BrClN2/c1-17(2)10-13-4-3-7-18(13)12-6-5-11(9-15)14(16)8-12/h5-6,8,13H,3-4,7,9-10H2,1-2H3. The third-order valence-corrected chi connectivity index (χ3v) is 4.42. The molecule has 0 saturated carbocycles. The second-order valence-electron chi connectivity index (χ2n) is 5.16. The Balaban J connectivity index is 2.17. The van der Waals surface area contributed by atoms with Gasteiger partial charge in [0.15, 0.2) is 0 Å². The van der Waals surface area contributed by atoms with Crippen LogP contribution in [-0.4, -0.2) is 38.1 Å². The van der Waals surface area contributed by atoms with Crippen molar-refractivity contribution in [2.75, 3.05) is 32.1 Å². The molecule has 0 amide bonds. The molecule has 1 aliphatic rings. The summed E-state index contributed by atoms with van der Waals surface area (Å²) in [6, 6.07) is 7.03. The fourth-order valence-electron chi connectivity index (χ4n) is 2.61. The van der Waals surface area contributed by atoms with E-state index in [1.165, 1.54) is 18.5 Å². The zero-order valence-corrected chi connectivity index (χ0v) is 13.3. The molecule has 1 aromatic carbocycles. The minimum absolute atomic E-state index is 0.617. The van der Waals surface area contributed by atoms with Gasteiger partial charge < -0.3 is 9.80 Å². The first-order valence-electron chi connectivity index (χ1n) is 6.37. The van der Waals surface area contributed by atoms with Gasteiger partial charge in [-0.05, 0) is 44.6 Å². The SMILES string of the molecule is CN(C)CC1CCCN1c1ccc(CBr)c(Cl)c1. The van der Waals surface area contributed by atoms with Crippen molar-refractivity contribution in [3.8, 4) is 0 Å². The van der Waals surface area contributed by atoms with Gasteiger partial charge in [-0.15, -0.1) is 0 Å². The molecule has 0 bridgehead atoms. The first-order chi connectivity index (χ1) is 8.61. The van der Waals surface area contributed by atoms with Crippen molar-refractivity contribution in [3.05, 3.63) is 28.8 Å². The first-order valence-corrected chi connectivity index (χ1v) is 7.87. The molecule has 2 rings (SSSR count). The van der Waals surface area contributed by atoms with Gasteiger partial charge in [0.05, 0.1) is 0 Å². The predicted molar refractivity (Wildman–Crippen MR) is 83.0 cm³/mol. The summed E-state index contributed by atoms with van der Waals surface area (Å²) in [5.41, 5.74) is 2.41. The Labute approximate surface area is 123 Å². The summed E-state index contributed by atoms with van der Waals surface area (Å²) >= 11 is 9.75. The maximum Gasteiger partial charge on any atom is 0.0467 e. The molecule has 0 aliphatic carbocycles. The summed E-state index contributed by atoms with van der Waals surface area (Å²) in [4.78, 5) is 4.75. The topological polar surface area (TPSA) is 6.48 Å². The average molecular weight is 332 g/mol. The lowest BCUT2D eigenvalue weighted by Crippen LogP contribution is -2.37. The summed E-state index contributed by atoms with van der Waals surface area (Å²) in [6.45, 7) is 2.25. The van der Waals surface area contributed by atoms with E-state index >= 15 is 0 Å². The van der Waals surface area contributed by atoms with E-state index in [1.54, 1.807) is 0 Å². The van der Waals surface area contributed by atoms with Gasteiger partial charge in [0.1, 0.15) is 0 Å². The monoisotopic (exact) mass is 330 g/mol. The van der Waals surface area contributed by atoms with Gasteiger partial charge in [-0.1, -0.05) is 33.6 Å². The highest BCUT2D eigenvalue weighted by Crippen LogP contribution is 2.30. The van der Waals surface area contributed by atoms with Crippen LogP contribution in [0.15, 0.2) is 18.2 Å². The average Bonchev–Trinajstić information content (AvgIpc) is 2.76. The van der Waals surface area contributed by atoms with Crippen molar-refractivity contribution in [1.29, 1.82) is 0 Å².